The zero-order chi connectivity index (χ0) is 20.6. The highest BCUT2D eigenvalue weighted by molar-refractivity contribution is 5.73. The number of hydrogen-bond donors (Lipinski definition) is 1. The van der Waals surface area contributed by atoms with Crippen molar-refractivity contribution < 1.29 is 19.0 Å². The first kappa shape index (κ1) is 21.5. The predicted molar refractivity (Wildman–Crippen MR) is 112 cm³/mol. The average molecular weight is 398 g/mol. The molecule has 0 aromatic heterocycles. The smallest absolute Gasteiger partial charge is 0.217 e. The van der Waals surface area contributed by atoms with E-state index in [0.29, 0.717) is 13.2 Å². The normalized spacial score (nSPS) is 26.8. The molecule has 1 fully saturated rings. The van der Waals surface area contributed by atoms with Gasteiger partial charge in [-0.15, -0.1) is 0 Å². The van der Waals surface area contributed by atoms with Crippen LogP contribution < -0.4 is 5.32 Å². The second-order valence-corrected chi connectivity index (χ2v) is 7.59. The fourth-order valence-electron chi connectivity index (χ4n) is 3.84. The maximum Gasteiger partial charge on any atom is 0.217 e. The molecule has 0 unspecified atom stereocenters. The van der Waals surface area contributed by atoms with E-state index >= 15 is 0 Å². The van der Waals surface area contributed by atoms with Crippen molar-refractivity contribution in [2.75, 3.05) is 0 Å². The summed E-state index contributed by atoms with van der Waals surface area (Å²) in [7, 11) is 0. The Morgan fingerprint density at radius 2 is 1.52 bits per heavy atom. The Bertz CT molecular complexity index is 752. The Labute approximate surface area is 173 Å². The van der Waals surface area contributed by atoms with Crippen LogP contribution in [-0.4, -0.2) is 30.4 Å². The number of carbonyl (C=O) groups is 1. The monoisotopic (exact) mass is 397 g/mol. The Hall–Kier alpha value is -2.21. The Morgan fingerprint density at radius 1 is 0.966 bits per heavy atom. The number of nitrogens with one attached hydrogen (secondary N) is 1. The van der Waals surface area contributed by atoms with E-state index in [1.165, 1.54) is 6.92 Å². The first-order valence-electron chi connectivity index (χ1n) is 10.3. The maximum atomic E-state index is 11.9. The molecule has 156 valence electrons. The molecule has 29 heavy (non-hydrogen) atoms. The zero-order valence-corrected chi connectivity index (χ0v) is 17.4. The molecule has 5 nitrogen and oxygen atoms in total. The summed E-state index contributed by atoms with van der Waals surface area (Å²) in [5.74, 6) is -0.000455. The lowest BCUT2D eigenvalue weighted by Gasteiger charge is -2.45. The molecule has 1 heterocycles. The van der Waals surface area contributed by atoms with Gasteiger partial charge in [-0.05, 0) is 17.5 Å². The summed E-state index contributed by atoms with van der Waals surface area (Å²) < 4.78 is 18.7. The van der Waals surface area contributed by atoms with Gasteiger partial charge >= 0.3 is 0 Å². The Kier molecular flexibility index (Phi) is 7.81. The molecule has 5 heteroatoms. The van der Waals surface area contributed by atoms with Crippen LogP contribution in [0.25, 0.3) is 0 Å². The number of ether oxygens (including phenoxy) is 3. The molecule has 1 amide bonds. The molecule has 2 aromatic rings. The third-order valence-electron chi connectivity index (χ3n) is 5.38. The lowest BCUT2D eigenvalue weighted by molar-refractivity contribution is -0.261. The molecule has 0 aliphatic carbocycles. The van der Waals surface area contributed by atoms with Crippen molar-refractivity contribution in [2.24, 2.45) is 5.92 Å². The summed E-state index contributed by atoms with van der Waals surface area (Å²) in [5.41, 5.74) is 2.16. The summed E-state index contributed by atoms with van der Waals surface area (Å²) in [6, 6.07) is 19.6. The topological polar surface area (TPSA) is 56.8 Å². The van der Waals surface area contributed by atoms with Crippen LogP contribution in [0, 0.1) is 5.92 Å². The van der Waals surface area contributed by atoms with E-state index in [2.05, 4.69) is 19.2 Å². The summed E-state index contributed by atoms with van der Waals surface area (Å²) in [6.45, 7) is 6.62. The van der Waals surface area contributed by atoms with E-state index in [1.54, 1.807) is 0 Å². The fourth-order valence-corrected chi connectivity index (χ4v) is 3.84. The van der Waals surface area contributed by atoms with Crippen molar-refractivity contribution in [1.29, 1.82) is 0 Å². The van der Waals surface area contributed by atoms with E-state index in [1.807, 2.05) is 60.7 Å². The molecule has 1 aliphatic rings. The third-order valence-corrected chi connectivity index (χ3v) is 5.38. The minimum atomic E-state index is -0.568. The van der Waals surface area contributed by atoms with E-state index in [9.17, 15) is 4.79 Å². The molecule has 5 atom stereocenters. The largest absolute Gasteiger partial charge is 0.371 e. The number of carbonyl (C=O) groups excluding carboxylic acids is 1. The fraction of sp³-hybridized carbons (Fsp3) is 0.458. The molecule has 2 aromatic carbocycles. The molecular formula is C24H31NO4. The van der Waals surface area contributed by atoms with Gasteiger partial charge in [0, 0.05) is 12.8 Å². The van der Waals surface area contributed by atoms with Crippen molar-refractivity contribution in [3.8, 4) is 0 Å². The first-order valence-corrected chi connectivity index (χ1v) is 10.3. The SMILES string of the molecule is CC[C@H]1O[C@H](OCc2ccccc2)[C@@H](NC(C)=O)[C@@H](OCc2ccccc2)[C@@H]1C. The summed E-state index contributed by atoms with van der Waals surface area (Å²) in [4.78, 5) is 11.9. The van der Waals surface area contributed by atoms with Gasteiger partial charge < -0.3 is 19.5 Å². The van der Waals surface area contributed by atoms with Crippen molar-refractivity contribution >= 4 is 5.91 Å². The van der Waals surface area contributed by atoms with Crippen LogP contribution in [0.15, 0.2) is 60.7 Å². The lowest BCUT2D eigenvalue weighted by atomic mass is 9.87. The molecule has 0 saturated carbocycles. The summed E-state index contributed by atoms with van der Waals surface area (Å²) in [6.07, 6.45) is 0.0748. The van der Waals surface area contributed by atoms with Gasteiger partial charge in [-0.25, -0.2) is 0 Å². The van der Waals surface area contributed by atoms with E-state index in [-0.39, 0.29) is 30.1 Å². The van der Waals surface area contributed by atoms with Gasteiger partial charge in [0.15, 0.2) is 6.29 Å². The number of benzene rings is 2. The maximum absolute atomic E-state index is 11.9. The van der Waals surface area contributed by atoms with Crippen LogP contribution in [0.2, 0.25) is 0 Å². The highest BCUT2D eigenvalue weighted by atomic mass is 16.7. The second kappa shape index (κ2) is 10.5. The molecule has 0 spiro atoms. The minimum absolute atomic E-state index is 0.00144. The summed E-state index contributed by atoms with van der Waals surface area (Å²) in [5, 5.41) is 3.02. The molecular weight excluding hydrogens is 366 g/mol. The van der Waals surface area contributed by atoms with Crippen LogP contribution >= 0.6 is 0 Å². The van der Waals surface area contributed by atoms with Crippen LogP contribution in [0.3, 0.4) is 0 Å². The molecule has 0 radical (unpaired) electrons. The van der Waals surface area contributed by atoms with Crippen molar-refractivity contribution in [3.63, 3.8) is 0 Å². The van der Waals surface area contributed by atoms with Gasteiger partial charge in [0.2, 0.25) is 5.91 Å². The molecule has 1 N–H and O–H groups in total. The zero-order valence-electron chi connectivity index (χ0n) is 17.4. The minimum Gasteiger partial charge on any atom is -0.371 e. The van der Waals surface area contributed by atoms with Crippen LogP contribution in [0.4, 0.5) is 0 Å². The lowest BCUT2D eigenvalue weighted by Crippen LogP contribution is -2.61. The van der Waals surface area contributed by atoms with Crippen LogP contribution in [-0.2, 0) is 32.2 Å². The van der Waals surface area contributed by atoms with E-state index in [4.69, 9.17) is 14.2 Å². The first-order chi connectivity index (χ1) is 14.1. The number of amides is 1. The highest BCUT2D eigenvalue weighted by Gasteiger charge is 2.45. The molecule has 0 bridgehead atoms. The summed E-state index contributed by atoms with van der Waals surface area (Å²) >= 11 is 0. The average Bonchev–Trinajstić information content (AvgIpc) is 2.74. The highest BCUT2D eigenvalue weighted by Crippen LogP contribution is 2.31. The van der Waals surface area contributed by atoms with Gasteiger partial charge in [-0.2, -0.15) is 0 Å². The van der Waals surface area contributed by atoms with Gasteiger partial charge in [-0.3, -0.25) is 4.79 Å². The van der Waals surface area contributed by atoms with Gasteiger partial charge in [0.05, 0.1) is 25.4 Å². The quantitative estimate of drug-likeness (QED) is 0.730. The Balaban J connectivity index is 1.76. The Morgan fingerprint density at radius 3 is 2.03 bits per heavy atom. The van der Waals surface area contributed by atoms with E-state index in [0.717, 1.165) is 17.5 Å². The van der Waals surface area contributed by atoms with Crippen LogP contribution in [0.1, 0.15) is 38.3 Å². The van der Waals surface area contributed by atoms with Crippen LogP contribution in [0.5, 0.6) is 0 Å². The van der Waals surface area contributed by atoms with Gasteiger partial charge in [-0.1, -0.05) is 74.5 Å². The van der Waals surface area contributed by atoms with Crippen molar-refractivity contribution in [3.05, 3.63) is 71.8 Å². The number of hydrogen-bond acceptors (Lipinski definition) is 4. The molecule has 1 aliphatic heterocycles. The molecule has 1 saturated heterocycles. The predicted octanol–water partition coefficient (Wildman–Crippen LogP) is 4.06. The standard InChI is InChI=1S/C24H31NO4/c1-4-21-17(2)23(27-15-19-11-7-5-8-12-19)22(25-18(3)26)24(29-21)28-16-20-13-9-6-10-14-20/h5-14,17,21-24H,4,15-16H2,1-3H3,(H,25,26)/t17-,21-,22+,23+,24+/m1/s1. The number of rotatable bonds is 8. The van der Waals surface area contributed by atoms with Gasteiger partial charge in [0.1, 0.15) is 6.04 Å². The van der Waals surface area contributed by atoms with Crippen molar-refractivity contribution in [2.45, 2.75) is 64.9 Å². The van der Waals surface area contributed by atoms with Gasteiger partial charge in [0.25, 0.3) is 0 Å². The van der Waals surface area contributed by atoms with Crippen molar-refractivity contribution in [1.82, 2.24) is 5.32 Å². The van der Waals surface area contributed by atoms with E-state index < -0.39 is 6.29 Å². The second-order valence-electron chi connectivity index (χ2n) is 7.59. The molecule has 3 rings (SSSR count). The third kappa shape index (κ3) is 5.89.